The first-order chi connectivity index (χ1) is 7.58. The van der Waals surface area contributed by atoms with Crippen molar-refractivity contribution in [1.29, 1.82) is 0 Å². The number of anilines is 1. The molecule has 1 aliphatic carbocycles. The van der Waals surface area contributed by atoms with E-state index in [1.165, 1.54) is 12.6 Å². The average Bonchev–Trinajstić information content (AvgIpc) is 2.64. The number of amides is 1. The lowest BCUT2D eigenvalue weighted by Crippen LogP contribution is -2.16. The van der Waals surface area contributed by atoms with Gasteiger partial charge in [-0.1, -0.05) is 6.92 Å². The zero-order valence-corrected chi connectivity index (χ0v) is 9.31. The van der Waals surface area contributed by atoms with E-state index in [9.17, 15) is 4.79 Å². The Morgan fingerprint density at radius 1 is 1.50 bits per heavy atom. The van der Waals surface area contributed by atoms with Crippen molar-refractivity contribution in [3.8, 4) is 0 Å². The van der Waals surface area contributed by atoms with E-state index >= 15 is 0 Å². The minimum Gasteiger partial charge on any atom is -0.383 e. The smallest absolute Gasteiger partial charge is 0.254 e. The standard InChI is InChI=1S/C11H16N4O/c1-6-2-3-7(4-6)11-14-5-8(10(13)16)9(12)15-11/h5-7H,2-4H2,1H3,(H2,13,16)(H2,12,14,15). The van der Waals surface area contributed by atoms with Gasteiger partial charge < -0.3 is 11.5 Å². The molecule has 0 spiro atoms. The molecule has 86 valence electrons. The quantitative estimate of drug-likeness (QED) is 0.779. The summed E-state index contributed by atoms with van der Waals surface area (Å²) in [4.78, 5) is 19.3. The molecule has 1 fully saturated rings. The van der Waals surface area contributed by atoms with E-state index in [-0.39, 0.29) is 11.4 Å². The molecule has 1 saturated carbocycles. The lowest BCUT2D eigenvalue weighted by molar-refractivity contribution is 0.100. The maximum atomic E-state index is 11.0. The molecule has 0 aromatic carbocycles. The summed E-state index contributed by atoms with van der Waals surface area (Å²) in [7, 11) is 0. The molecule has 2 unspecified atom stereocenters. The molecule has 1 aliphatic rings. The van der Waals surface area contributed by atoms with Gasteiger partial charge in [0.1, 0.15) is 11.6 Å². The molecule has 1 aromatic rings. The fraction of sp³-hybridized carbons (Fsp3) is 0.545. The average molecular weight is 220 g/mol. The Labute approximate surface area is 94.3 Å². The van der Waals surface area contributed by atoms with Gasteiger partial charge in [-0.25, -0.2) is 9.97 Å². The first kappa shape index (κ1) is 10.9. The van der Waals surface area contributed by atoms with Crippen molar-refractivity contribution < 1.29 is 4.79 Å². The van der Waals surface area contributed by atoms with Gasteiger partial charge in [-0.05, 0) is 25.2 Å². The lowest BCUT2D eigenvalue weighted by Gasteiger charge is -2.09. The van der Waals surface area contributed by atoms with E-state index in [0.29, 0.717) is 11.8 Å². The predicted octanol–water partition coefficient (Wildman–Crippen LogP) is 1.06. The predicted molar refractivity (Wildman–Crippen MR) is 60.7 cm³/mol. The van der Waals surface area contributed by atoms with Crippen LogP contribution in [0.4, 0.5) is 5.82 Å². The summed E-state index contributed by atoms with van der Waals surface area (Å²) in [6, 6.07) is 0. The minimum atomic E-state index is -0.580. The monoisotopic (exact) mass is 220 g/mol. The first-order valence-electron chi connectivity index (χ1n) is 5.50. The van der Waals surface area contributed by atoms with Crippen LogP contribution < -0.4 is 11.5 Å². The summed E-state index contributed by atoms with van der Waals surface area (Å²) < 4.78 is 0. The van der Waals surface area contributed by atoms with E-state index in [4.69, 9.17) is 11.5 Å². The van der Waals surface area contributed by atoms with Gasteiger partial charge in [-0.3, -0.25) is 4.79 Å². The van der Waals surface area contributed by atoms with Gasteiger partial charge in [-0.2, -0.15) is 0 Å². The second kappa shape index (κ2) is 4.08. The first-order valence-corrected chi connectivity index (χ1v) is 5.50. The highest BCUT2D eigenvalue weighted by molar-refractivity contribution is 5.96. The van der Waals surface area contributed by atoms with Crippen LogP contribution in [0.25, 0.3) is 0 Å². The number of hydrogen-bond donors (Lipinski definition) is 2. The highest BCUT2D eigenvalue weighted by atomic mass is 16.1. The van der Waals surface area contributed by atoms with Crippen LogP contribution in [0.3, 0.4) is 0 Å². The Bertz CT molecular complexity index is 418. The lowest BCUT2D eigenvalue weighted by atomic mass is 10.1. The number of nitrogens with zero attached hydrogens (tertiary/aromatic N) is 2. The van der Waals surface area contributed by atoms with E-state index in [2.05, 4.69) is 16.9 Å². The molecule has 1 amide bonds. The number of nitrogen functional groups attached to an aromatic ring is 1. The fourth-order valence-electron chi connectivity index (χ4n) is 2.24. The number of primary amides is 1. The minimum absolute atomic E-state index is 0.192. The third-order valence-electron chi connectivity index (χ3n) is 3.16. The Morgan fingerprint density at radius 3 is 2.75 bits per heavy atom. The molecule has 0 bridgehead atoms. The molecule has 5 nitrogen and oxygen atoms in total. The van der Waals surface area contributed by atoms with Crippen LogP contribution in [0, 0.1) is 5.92 Å². The molecule has 16 heavy (non-hydrogen) atoms. The second-order valence-corrected chi connectivity index (χ2v) is 4.51. The number of carbonyl (C=O) groups is 1. The number of carbonyl (C=O) groups excluding carboxylic acids is 1. The molecule has 1 heterocycles. The van der Waals surface area contributed by atoms with Crippen LogP contribution in [-0.4, -0.2) is 15.9 Å². The Hall–Kier alpha value is -1.65. The molecule has 1 aromatic heterocycles. The zero-order chi connectivity index (χ0) is 11.7. The van der Waals surface area contributed by atoms with Gasteiger partial charge in [-0.15, -0.1) is 0 Å². The van der Waals surface area contributed by atoms with Gasteiger partial charge in [0.15, 0.2) is 0 Å². The SMILES string of the molecule is CC1CCC(c2ncc(C(N)=O)c(N)n2)C1. The van der Waals surface area contributed by atoms with Crippen molar-refractivity contribution in [2.24, 2.45) is 11.7 Å². The Balaban J connectivity index is 2.24. The van der Waals surface area contributed by atoms with Crippen LogP contribution in [0.5, 0.6) is 0 Å². The Morgan fingerprint density at radius 2 is 2.25 bits per heavy atom. The Kier molecular flexibility index (Phi) is 2.77. The van der Waals surface area contributed by atoms with Crippen molar-refractivity contribution in [2.45, 2.75) is 32.1 Å². The van der Waals surface area contributed by atoms with Crippen LogP contribution in [0.1, 0.15) is 48.3 Å². The summed E-state index contributed by atoms with van der Waals surface area (Å²) in [5.74, 6) is 1.44. The highest BCUT2D eigenvalue weighted by Gasteiger charge is 2.25. The van der Waals surface area contributed by atoms with Crippen molar-refractivity contribution in [3.63, 3.8) is 0 Å². The van der Waals surface area contributed by atoms with Gasteiger partial charge in [0.2, 0.25) is 0 Å². The maximum absolute atomic E-state index is 11.0. The number of nitrogens with two attached hydrogens (primary N) is 2. The molecule has 4 N–H and O–H groups in total. The number of hydrogen-bond acceptors (Lipinski definition) is 4. The molecule has 0 radical (unpaired) electrons. The highest BCUT2D eigenvalue weighted by Crippen LogP contribution is 2.36. The van der Waals surface area contributed by atoms with Gasteiger partial charge in [0.05, 0.1) is 5.56 Å². The number of aromatic nitrogens is 2. The summed E-state index contributed by atoms with van der Waals surface area (Å²) in [5.41, 5.74) is 11.0. The maximum Gasteiger partial charge on any atom is 0.254 e. The topological polar surface area (TPSA) is 94.9 Å². The van der Waals surface area contributed by atoms with Crippen molar-refractivity contribution >= 4 is 11.7 Å². The molecular weight excluding hydrogens is 204 g/mol. The van der Waals surface area contributed by atoms with Gasteiger partial charge >= 0.3 is 0 Å². The number of rotatable bonds is 2. The second-order valence-electron chi connectivity index (χ2n) is 4.51. The molecule has 5 heteroatoms. The normalized spacial score (nSPS) is 24.6. The van der Waals surface area contributed by atoms with E-state index in [1.54, 1.807) is 0 Å². The third kappa shape index (κ3) is 1.98. The molecule has 2 atom stereocenters. The summed E-state index contributed by atoms with van der Waals surface area (Å²) in [6.45, 7) is 2.22. The molecule has 2 rings (SSSR count). The van der Waals surface area contributed by atoms with E-state index in [0.717, 1.165) is 18.7 Å². The van der Waals surface area contributed by atoms with E-state index in [1.807, 2.05) is 0 Å². The molecule has 0 aliphatic heterocycles. The zero-order valence-electron chi connectivity index (χ0n) is 9.31. The van der Waals surface area contributed by atoms with Crippen molar-refractivity contribution in [3.05, 3.63) is 17.6 Å². The summed E-state index contributed by atoms with van der Waals surface area (Å²) in [5, 5.41) is 0. The van der Waals surface area contributed by atoms with Crippen LogP contribution in [0.15, 0.2) is 6.20 Å². The van der Waals surface area contributed by atoms with Crippen LogP contribution >= 0.6 is 0 Å². The third-order valence-corrected chi connectivity index (χ3v) is 3.16. The largest absolute Gasteiger partial charge is 0.383 e. The van der Waals surface area contributed by atoms with Crippen molar-refractivity contribution in [1.82, 2.24) is 9.97 Å². The van der Waals surface area contributed by atoms with Crippen molar-refractivity contribution in [2.75, 3.05) is 5.73 Å². The molecular formula is C11H16N4O. The van der Waals surface area contributed by atoms with E-state index < -0.39 is 5.91 Å². The molecule has 0 saturated heterocycles. The summed E-state index contributed by atoms with van der Waals surface area (Å²) in [6.07, 6.45) is 4.82. The van der Waals surface area contributed by atoms with Crippen LogP contribution in [-0.2, 0) is 0 Å². The fourth-order valence-corrected chi connectivity index (χ4v) is 2.24. The van der Waals surface area contributed by atoms with Gasteiger partial charge in [0.25, 0.3) is 5.91 Å². The summed E-state index contributed by atoms with van der Waals surface area (Å²) >= 11 is 0. The van der Waals surface area contributed by atoms with Gasteiger partial charge in [0, 0.05) is 12.1 Å². The van der Waals surface area contributed by atoms with Crippen LogP contribution in [0.2, 0.25) is 0 Å².